The molecule has 342 valence electrons. The number of benzene rings is 5. The summed E-state index contributed by atoms with van der Waals surface area (Å²) in [5, 5.41) is 28.1. The lowest BCUT2D eigenvalue weighted by molar-refractivity contribution is 0.0697. The molecule has 0 saturated heterocycles. The zero-order valence-electron chi connectivity index (χ0n) is 34.2. The minimum Gasteiger partial charge on any atom is -0.479 e. The zero-order valence-corrected chi connectivity index (χ0v) is 36.6. The van der Waals surface area contributed by atoms with Gasteiger partial charge < -0.3 is 30.7 Å². The first kappa shape index (κ1) is 45.6. The Morgan fingerprint density at radius 3 is 1.93 bits per heavy atom. The number of carboxylic acid groups (broad SMARTS) is 1. The van der Waals surface area contributed by atoms with Crippen LogP contribution in [0.25, 0.3) is 22.0 Å². The number of aromatic nitrogens is 4. The number of aromatic hydroxyl groups is 1. The van der Waals surface area contributed by atoms with E-state index < -0.39 is 103 Å². The average molecular weight is 970 g/mol. The van der Waals surface area contributed by atoms with Crippen molar-refractivity contribution in [3.63, 3.8) is 0 Å². The number of rotatable bonds is 13. The van der Waals surface area contributed by atoms with E-state index in [4.69, 9.17) is 0 Å². The molecule has 0 fully saturated rings. The van der Waals surface area contributed by atoms with E-state index >= 15 is 0 Å². The van der Waals surface area contributed by atoms with Crippen LogP contribution in [0.4, 0.5) is 34.6 Å². The molecule has 67 heavy (non-hydrogen) atoms. The van der Waals surface area contributed by atoms with Gasteiger partial charge in [0.15, 0.2) is 11.6 Å². The van der Waals surface area contributed by atoms with Crippen molar-refractivity contribution in [2.75, 3.05) is 16.0 Å². The predicted molar refractivity (Wildman–Crippen MR) is 238 cm³/mol. The van der Waals surface area contributed by atoms with Crippen LogP contribution in [0, 0.1) is 0 Å². The van der Waals surface area contributed by atoms with Gasteiger partial charge in [-0.05, 0) is 60.0 Å². The Bertz CT molecular complexity index is 3770. The summed E-state index contributed by atoms with van der Waals surface area (Å²) in [6, 6.07) is 17.3. The molecule has 8 rings (SSSR count). The number of aromatic carboxylic acids is 1. The maximum atomic E-state index is 14.6. The van der Waals surface area contributed by atoms with Crippen molar-refractivity contribution < 1.29 is 63.5 Å². The predicted octanol–water partition coefficient (Wildman–Crippen LogP) is 5.10. The number of hydrogen-bond acceptors (Lipinski definition) is 17. The maximum absolute atomic E-state index is 14.6. The molecule has 0 spiro atoms. The molecule has 0 amide bonds. The number of nitrogens with one attached hydrogen (secondary N) is 3. The first-order valence-corrected chi connectivity index (χ1v) is 23.5. The molecule has 1 aliphatic carbocycles. The smallest absolute Gasteiger partial charge is 0.337 e. The highest BCUT2D eigenvalue weighted by Gasteiger charge is 2.35. The summed E-state index contributed by atoms with van der Waals surface area (Å²) < 4.78 is 107. The van der Waals surface area contributed by atoms with Crippen molar-refractivity contribution in [3.05, 3.63) is 135 Å². The number of fused-ring (bicyclic) bond motifs is 2. The van der Waals surface area contributed by atoms with Crippen molar-refractivity contribution in [1.29, 1.82) is 0 Å². The second kappa shape index (κ2) is 16.5. The summed E-state index contributed by atoms with van der Waals surface area (Å²) in [5.74, 6) is -4.15. The Labute approximate surface area is 377 Å². The lowest BCUT2D eigenvalue weighted by atomic mass is 9.80. The molecule has 22 nitrogen and oxygen atoms in total. The van der Waals surface area contributed by atoms with Crippen LogP contribution in [0.3, 0.4) is 0 Å². The molecule has 0 saturated carbocycles. The summed E-state index contributed by atoms with van der Waals surface area (Å²) in [5.41, 5.74) is -3.13. The topological polar surface area (TPSA) is 352 Å². The molecular formula is C42H31N7O15S3. The van der Waals surface area contributed by atoms with Gasteiger partial charge in [0.05, 0.1) is 49.9 Å². The Kier molecular flexibility index (Phi) is 11.2. The average Bonchev–Trinajstić information content (AvgIpc) is 3.25. The van der Waals surface area contributed by atoms with Gasteiger partial charge in [-0.1, -0.05) is 55.5 Å². The molecule has 5 aromatic carbocycles. The van der Waals surface area contributed by atoms with E-state index in [0.717, 1.165) is 22.8 Å². The van der Waals surface area contributed by atoms with Crippen LogP contribution in [-0.2, 0) is 43.8 Å². The molecule has 0 atom stereocenters. The molecule has 0 radical (unpaired) electrons. The fourth-order valence-corrected chi connectivity index (χ4v) is 9.60. The number of nitrogens with zero attached hydrogens (tertiary/aromatic N) is 4. The van der Waals surface area contributed by atoms with Crippen LogP contribution < -0.4 is 21.5 Å². The third-order valence-electron chi connectivity index (χ3n) is 10.6. The quantitative estimate of drug-likeness (QED) is 0.0550. The van der Waals surface area contributed by atoms with E-state index in [1.807, 2.05) is 0 Å². The molecule has 25 heteroatoms. The summed E-state index contributed by atoms with van der Waals surface area (Å²) in [4.78, 5) is 63.8. The van der Waals surface area contributed by atoms with Crippen LogP contribution in [0.5, 0.6) is 6.01 Å². The van der Waals surface area contributed by atoms with Crippen LogP contribution >= 0.6 is 0 Å². The van der Waals surface area contributed by atoms with Gasteiger partial charge in [-0.25, -0.2) is 4.79 Å². The van der Waals surface area contributed by atoms with Gasteiger partial charge in [0.2, 0.25) is 11.9 Å². The molecule has 0 aliphatic heterocycles. The molecule has 1 aliphatic rings. The van der Waals surface area contributed by atoms with Crippen LogP contribution in [0.15, 0.2) is 110 Å². The largest absolute Gasteiger partial charge is 0.479 e. The molecule has 8 N–H and O–H groups in total. The van der Waals surface area contributed by atoms with E-state index in [0.29, 0.717) is 18.1 Å². The van der Waals surface area contributed by atoms with Gasteiger partial charge in [-0.15, -0.1) is 0 Å². The lowest BCUT2D eigenvalue weighted by Crippen LogP contribution is -2.29. The fraction of sp³-hybridized carbons (Fsp3) is 0.0714. The standard InChI is InChI=1S/C42H31N7O15S3/c1-3-19-8-7-13-24(39(53)54)35(19)45-41-46-40(47-42(55)48-41)44-27-17-26(29(66(59,60)61)18-30(27)67(62,63)64)43-25-14-15-28-33-31(22-11-4-5-12-23(22)37(51)32(25)33)34(38(52)49(28)2)36(50)20-9-6-10-21(16-20)65(56,57)58/h4-18,43H,3H2,1-2H3,(H,53,54)(H,56,57,58)(H,59,60,61)(H,62,63,64)(H3,44,45,46,47,48,55). The monoisotopic (exact) mass is 969 g/mol. The SMILES string of the molecule is CCc1cccc(C(=O)O)c1Nc1nc(O)nc(Nc2cc(Nc3ccc4c5c3C(=O)c3ccccc3-c5c(C(=O)c3cccc(S(=O)(=O)O)c3)c(=O)n4C)c(S(=O)(=O)O)cc2S(=O)(=O)O)n1. The summed E-state index contributed by atoms with van der Waals surface area (Å²) >= 11 is 0. The molecule has 2 aromatic heterocycles. The number of anilines is 6. The number of pyridine rings is 1. The first-order chi connectivity index (χ1) is 31.5. The van der Waals surface area contributed by atoms with Gasteiger partial charge in [-0.3, -0.25) is 28.0 Å². The molecule has 0 unspecified atom stereocenters. The Morgan fingerprint density at radius 2 is 1.30 bits per heavy atom. The van der Waals surface area contributed by atoms with Crippen LogP contribution in [-0.4, -0.2) is 86.2 Å². The number of ketones is 2. The van der Waals surface area contributed by atoms with Crippen molar-refractivity contribution >= 4 is 93.4 Å². The molecule has 2 heterocycles. The van der Waals surface area contributed by atoms with E-state index in [9.17, 15) is 68.3 Å². The van der Waals surface area contributed by atoms with Gasteiger partial charge in [0.1, 0.15) is 9.79 Å². The van der Waals surface area contributed by atoms with Crippen molar-refractivity contribution in [2.24, 2.45) is 7.05 Å². The van der Waals surface area contributed by atoms with Gasteiger partial charge in [-0.2, -0.15) is 40.2 Å². The Morgan fingerprint density at radius 1 is 0.672 bits per heavy atom. The highest BCUT2D eigenvalue weighted by Crippen LogP contribution is 2.45. The van der Waals surface area contributed by atoms with Crippen LogP contribution in [0.2, 0.25) is 0 Å². The third kappa shape index (κ3) is 8.32. The highest BCUT2D eigenvalue weighted by molar-refractivity contribution is 7.87. The maximum Gasteiger partial charge on any atom is 0.337 e. The fourth-order valence-electron chi connectivity index (χ4n) is 7.69. The van der Waals surface area contributed by atoms with Crippen molar-refractivity contribution in [2.45, 2.75) is 28.0 Å². The third-order valence-corrected chi connectivity index (χ3v) is 13.3. The van der Waals surface area contributed by atoms with Crippen molar-refractivity contribution in [3.8, 4) is 17.1 Å². The number of para-hydroxylation sites is 1. The van der Waals surface area contributed by atoms with Crippen LogP contribution in [0.1, 0.15) is 54.7 Å². The van der Waals surface area contributed by atoms with Gasteiger partial charge in [0, 0.05) is 29.1 Å². The first-order valence-electron chi connectivity index (χ1n) is 19.2. The van der Waals surface area contributed by atoms with E-state index in [-0.39, 0.29) is 55.7 Å². The number of carbonyl (C=O) groups excluding carboxylic acids is 2. The summed E-state index contributed by atoms with van der Waals surface area (Å²) in [6.45, 7) is 1.74. The van der Waals surface area contributed by atoms with Gasteiger partial charge in [0.25, 0.3) is 35.9 Å². The number of hydrogen-bond donors (Lipinski definition) is 8. The second-order valence-electron chi connectivity index (χ2n) is 14.7. The van der Waals surface area contributed by atoms with Gasteiger partial charge >= 0.3 is 12.0 Å². The number of aryl methyl sites for hydroxylation is 2. The summed E-state index contributed by atoms with van der Waals surface area (Å²) in [7, 11) is -14.3. The summed E-state index contributed by atoms with van der Waals surface area (Å²) in [6.07, 6.45) is 0.336. The minimum atomic E-state index is -5.43. The molecule has 7 aromatic rings. The second-order valence-corrected chi connectivity index (χ2v) is 18.9. The van der Waals surface area contributed by atoms with E-state index in [1.54, 1.807) is 13.0 Å². The Hall–Kier alpha value is -7.94. The molecule has 0 bridgehead atoms. The number of carbonyl (C=O) groups is 3. The lowest BCUT2D eigenvalue weighted by Gasteiger charge is -2.26. The molecular weight excluding hydrogens is 939 g/mol. The van der Waals surface area contributed by atoms with E-state index in [2.05, 4.69) is 30.9 Å². The van der Waals surface area contributed by atoms with E-state index in [1.165, 1.54) is 67.7 Å². The normalized spacial score (nSPS) is 12.4. The number of carboxylic acids is 1. The highest BCUT2D eigenvalue weighted by atomic mass is 32.2. The van der Waals surface area contributed by atoms with Crippen molar-refractivity contribution in [1.82, 2.24) is 19.5 Å². The Balaban J connectivity index is 1.32. The zero-order chi connectivity index (χ0) is 48.5. The minimum absolute atomic E-state index is 0.0252.